The third-order valence-corrected chi connectivity index (χ3v) is 5.35. The molecule has 21 heavy (non-hydrogen) atoms. The molecule has 1 saturated heterocycles. The predicted molar refractivity (Wildman–Crippen MR) is 85.7 cm³/mol. The number of aliphatic carboxylic acids is 1. The van der Waals surface area contributed by atoms with Crippen molar-refractivity contribution >= 4 is 35.0 Å². The van der Waals surface area contributed by atoms with Crippen LogP contribution in [0.5, 0.6) is 0 Å². The maximum absolute atomic E-state index is 12.3. The SMILES string of the molecule is CN(Cc1ccsc1)C(=O)CN1CCSCC1CC(=O)O. The lowest BCUT2D eigenvalue weighted by Gasteiger charge is -2.34. The summed E-state index contributed by atoms with van der Waals surface area (Å²) in [5.41, 5.74) is 1.13. The number of carbonyl (C=O) groups excluding carboxylic acids is 1. The molecule has 0 saturated carbocycles. The Morgan fingerprint density at radius 2 is 2.33 bits per heavy atom. The fourth-order valence-electron chi connectivity index (χ4n) is 2.33. The van der Waals surface area contributed by atoms with Gasteiger partial charge in [0.05, 0.1) is 13.0 Å². The van der Waals surface area contributed by atoms with Crippen molar-refractivity contribution in [2.24, 2.45) is 0 Å². The Morgan fingerprint density at radius 1 is 1.52 bits per heavy atom. The summed E-state index contributed by atoms with van der Waals surface area (Å²) in [7, 11) is 1.80. The number of hydrogen-bond acceptors (Lipinski definition) is 5. The summed E-state index contributed by atoms with van der Waals surface area (Å²) in [5, 5.41) is 13.0. The first kappa shape index (κ1) is 16.3. The molecule has 1 N–H and O–H groups in total. The number of carboxylic acids is 1. The van der Waals surface area contributed by atoms with E-state index in [1.165, 1.54) is 0 Å². The molecular weight excluding hydrogens is 308 g/mol. The van der Waals surface area contributed by atoms with Gasteiger partial charge in [-0.3, -0.25) is 14.5 Å². The Balaban J connectivity index is 1.88. The summed E-state index contributed by atoms with van der Waals surface area (Å²) in [4.78, 5) is 26.9. The fourth-order valence-corrected chi connectivity index (χ4v) is 4.12. The molecule has 0 aromatic carbocycles. The van der Waals surface area contributed by atoms with Crippen molar-refractivity contribution in [1.82, 2.24) is 9.80 Å². The molecule has 2 rings (SSSR count). The van der Waals surface area contributed by atoms with Crippen molar-refractivity contribution < 1.29 is 14.7 Å². The van der Waals surface area contributed by atoms with Gasteiger partial charge in [0.15, 0.2) is 0 Å². The van der Waals surface area contributed by atoms with Gasteiger partial charge in [-0.25, -0.2) is 0 Å². The zero-order valence-electron chi connectivity index (χ0n) is 12.0. The van der Waals surface area contributed by atoms with Gasteiger partial charge < -0.3 is 10.0 Å². The van der Waals surface area contributed by atoms with Gasteiger partial charge in [0.2, 0.25) is 5.91 Å². The van der Waals surface area contributed by atoms with Gasteiger partial charge in [-0.05, 0) is 22.4 Å². The Morgan fingerprint density at radius 3 is 3.00 bits per heavy atom. The molecule has 1 atom stereocenters. The van der Waals surface area contributed by atoms with E-state index in [2.05, 4.69) is 0 Å². The number of hydrogen-bond donors (Lipinski definition) is 1. The molecule has 1 aliphatic rings. The van der Waals surface area contributed by atoms with E-state index >= 15 is 0 Å². The second kappa shape index (κ2) is 7.82. The summed E-state index contributed by atoms with van der Waals surface area (Å²) >= 11 is 3.38. The molecule has 1 aromatic heterocycles. The number of thioether (sulfide) groups is 1. The molecule has 2 heterocycles. The van der Waals surface area contributed by atoms with Crippen molar-refractivity contribution in [3.05, 3.63) is 22.4 Å². The summed E-state index contributed by atoms with van der Waals surface area (Å²) in [5.74, 6) is 0.987. The van der Waals surface area contributed by atoms with E-state index in [1.807, 2.05) is 21.7 Å². The van der Waals surface area contributed by atoms with E-state index in [0.29, 0.717) is 13.1 Å². The fraction of sp³-hybridized carbons (Fsp3) is 0.571. The highest BCUT2D eigenvalue weighted by Crippen LogP contribution is 2.19. The number of carboxylic acid groups (broad SMARTS) is 1. The van der Waals surface area contributed by atoms with Crippen LogP contribution in [-0.4, -0.2) is 64.5 Å². The van der Waals surface area contributed by atoms with Gasteiger partial charge in [0.1, 0.15) is 0 Å². The van der Waals surface area contributed by atoms with Crippen LogP contribution in [0.2, 0.25) is 0 Å². The van der Waals surface area contributed by atoms with Crippen molar-refractivity contribution in [3.63, 3.8) is 0 Å². The molecule has 0 bridgehead atoms. The third kappa shape index (κ3) is 5.01. The molecule has 1 unspecified atom stereocenters. The van der Waals surface area contributed by atoms with E-state index in [-0.39, 0.29) is 18.4 Å². The van der Waals surface area contributed by atoms with Crippen molar-refractivity contribution in [1.29, 1.82) is 0 Å². The molecule has 116 valence electrons. The first-order chi connectivity index (χ1) is 10.1. The van der Waals surface area contributed by atoms with Gasteiger partial charge in [-0.15, -0.1) is 0 Å². The molecule has 1 aromatic rings. The molecule has 1 amide bonds. The summed E-state index contributed by atoms with van der Waals surface area (Å²) in [6.07, 6.45) is 0.106. The van der Waals surface area contributed by atoms with Crippen LogP contribution in [0, 0.1) is 0 Å². The lowest BCUT2D eigenvalue weighted by atomic mass is 10.2. The Labute approximate surface area is 132 Å². The minimum atomic E-state index is -0.799. The number of nitrogens with zero attached hydrogens (tertiary/aromatic N) is 2. The molecule has 5 nitrogen and oxygen atoms in total. The smallest absolute Gasteiger partial charge is 0.304 e. The predicted octanol–water partition coefficient (Wildman–Crippen LogP) is 1.60. The monoisotopic (exact) mass is 328 g/mol. The standard InChI is InChI=1S/C14H20N2O3S2/c1-15(7-11-2-4-20-9-11)13(17)8-16-3-5-21-10-12(16)6-14(18)19/h2,4,9,12H,3,5-8,10H2,1H3,(H,18,19). The Kier molecular flexibility index (Phi) is 6.08. The van der Waals surface area contributed by atoms with E-state index in [1.54, 1.807) is 35.0 Å². The number of rotatable bonds is 6. The van der Waals surface area contributed by atoms with Crippen LogP contribution in [0.4, 0.5) is 0 Å². The van der Waals surface area contributed by atoms with Crippen molar-refractivity contribution in [2.75, 3.05) is 31.6 Å². The van der Waals surface area contributed by atoms with E-state index in [0.717, 1.165) is 23.6 Å². The van der Waals surface area contributed by atoms with E-state index in [4.69, 9.17) is 5.11 Å². The van der Waals surface area contributed by atoms with Gasteiger partial charge in [0.25, 0.3) is 0 Å². The number of carbonyl (C=O) groups is 2. The molecule has 7 heteroatoms. The van der Waals surface area contributed by atoms with Gasteiger partial charge >= 0.3 is 5.97 Å². The number of thiophene rings is 1. The first-order valence-electron chi connectivity index (χ1n) is 6.85. The normalized spacial score (nSPS) is 19.4. The topological polar surface area (TPSA) is 60.9 Å². The highest BCUT2D eigenvalue weighted by Gasteiger charge is 2.27. The average Bonchev–Trinajstić information content (AvgIpc) is 2.93. The van der Waals surface area contributed by atoms with Gasteiger partial charge in [-0.2, -0.15) is 23.1 Å². The van der Waals surface area contributed by atoms with E-state index in [9.17, 15) is 9.59 Å². The molecule has 1 aliphatic heterocycles. The maximum atomic E-state index is 12.3. The van der Waals surface area contributed by atoms with Crippen molar-refractivity contribution in [3.8, 4) is 0 Å². The second-order valence-corrected chi connectivity index (χ2v) is 7.11. The number of likely N-dealkylation sites (N-methyl/N-ethyl adjacent to an activating group) is 1. The highest BCUT2D eigenvalue weighted by molar-refractivity contribution is 7.99. The van der Waals surface area contributed by atoms with Crippen LogP contribution >= 0.6 is 23.1 Å². The molecular formula is C14H20N2O3S2. The van der Waals surface area contributed by atoms with Crippen LogP contribution < -0.4 is 0 Å². The number of amides is 1. The van der Waals surface area contributed by atoms with Gasteiger partial charge in [0, 0.05) is 37.7 Å². The summed E-state index contributed by atoms with van der Waals surface area (Å²) in [6, 6.07) is 1.97. The quantitative estimate of drug-likeness (QED) is 0.859. The maximum Gasteiger partial charge on any atom is 0.304 e. The van der Waals surface area contributed by atoms with Crippen LogP contribution in [0.1, 0.15) is 12.0 Å². The van der Waals surface area contributed by atoms with Crippen LogP contribution in [0.25, 0.3) is 0 Å². The van der Waals surface area contributed by atoms with Crippen LogP contribution in [0.3, 0.4) is 0 Å². The first-order valence-corrected chi connectivity index (χ1v) is 8.94. The zero-order chi connectivity index (χ0) is 15.2. The molecule has 0 aliphatic carbocycles. The minimum absolute atomic E-state index is 0.0419. The Hall–Kier alpha value is -1.05. The molecule has 0 radical (unpaired) electrons. The van der Waals surface area contributed by atoms with Crippen LogP contribution in [-0.2, 0) is 16.1 Å². The minimum Gasteiger partial charge on any atom is -0.481 e. The average molecular weight is 328 g/mol. The summed E-state index contributed by atoms with van der Waals surface area (Å²) < 4.78 is 0. The largest absolute Gasteiger partial charge is 0.481 e. The summed E-state index contributed by atoms with van der Waals surface area (Å²) in [6.45, 7) is 1.69. The lowest BCUT2D eigenvalue weighted by Crippen LogP contribution is -2.48. The molecule has 1 fully saturated rings. The zero-order valence-corrected chi connectivity index (χ0v) is 13.7. The van der Waals surface area contributed by atoms with Crippen LogP contribution in [0.15, 0.2) is 16.8 Å². The highest BCUT2D eigenvalue weighted by atomic mass is 32.2. The molecule has 0 spiro atoms. The Bertz CT molecular complexity index is 479. The third-order valence-electron chi connectivity index (χ3n) is 3.52. The van der Waals surface area contributed by atoms with Gasteiger partial charge in [-0.1, -0.05) is 0 Å². The van der Waals surface area contributed by atoms with Crippen molar-refractivity contribution in [2.45, 2.75) is 19.0 Å². The second-order valence-electron chi connectivity index (χ2n) is 5.18. The van der Waals surface area contributed by atoms with E-state index < -0.39 is 5.97 Å². The lowest BCUT2D eigenvalue weighted by molar-refractivity contribution is -0.139.